The third kappa shape index (κ3) is 5.26. The number of benzene rings is 1. The predicted octanol–water partition coefficient (Wildman–Crippen LogP) is 4.44. The monoisotopic (exact) mass is 246 g/mol. The van der Waals surface area contributed by atoms with Crippen molar-refractivity contribution in [1.82, 2.24) is 0 Å². The molecule has 17 heavy (non-hydrogen) atoms. The highest BCUT2D eigenvalue weighted by Crippen LogP contribution is 2.30. The molecule has 0 atom stereocenters. The molecule has 1 N–H and O–H groups in total. The van der Waals surface area contributed by atoms with Crippen molar-refractivity contribution in [2.45, 2.75) is 47.5 Å². The Morgan fingerprint density at radius 2 is 1.53 bits per heavy atom. The zero-order chi connectivity index (χ0) is 14.1. The van der Waals surface area contributed by atoms with Crippen molar-refractivity contribution in [2.75, 3.05) is 6.61 Å². The summed E-state index contributed by atoms with van der Waals surface area (Å²) in [6.07, 6.45) is 0. The van der Waals surface area contributed by atoms with Crippen LogP contribution < -0.4 is 0 Å². The standard InChI is InChI=1S/C10H12F2O.2C2H6/c1-7-4-3-5-9(8(7)2)10(11,12)6-13;2*1-2/h3-5,13H,6H2,1-2H3;2*1-2H3. The molecular weight excluding hydrogens is 222 g/mol. The lowest BCUT2D eigenvalue weighted by Gasteiger charge is -2.17. The summed E-state index contributed by atoms with van der Waals surface area (Å²) in [4.78, 5) is 0. The second kappa shape index (κ2) is 9.11. The van der Waals surface area contributed by atoms with Crippen molar-refractivity contribution >= 4 is 0 Å². The highest BCUT2D eigenvalue weighted by molar-refractivity contribution is 5.36. The molecule has 0 amide bonds. The van der Waals surface area contributed by atoms with Gasteiger partial charge in [-0.05, 0) is 25.0 Å². The molecule has 0 saturated heterocycles. The molecule has 0 saturated carbocycles. The average molecular weight is 246 g/mol. The quantitative estimate of drug-likeness (QED) is 0.818. The molecule has 0 heterocycles. The van der Waals surface area contributed by atoms with Crippen LogP contribution in [0.4, 0.5) is 8.78 Å². The van der Waals surface area contributed by atoms with Crippen molar-refractivity contribution in [2.24, 2.45) is 0 Å². The predicted molar refractivity (Wildman–Crippen MR) is 69.6 cm³/mol. The van der Waals surface area contributed by atoms with Crippen molar-refractivity contribution in [3.8, 4) is 0 Å². The van der Waals surface area contributed by atoms with Crippen LogP contribution in [0.15, 0.2) is 18.2 Å². The first-order valence-electron chi connectivity index (χ1n) is 6.04. The van der Waals surface area contributed by atoms with Gasteiger partial charge in [-0.25, -0.2) is 0 Å². The van der Waals surface area contributed by atoms with Crippen molar-refractivity contribution < 1.29 is 13.9 Å². The molecule has 0 aliphatic heterocycles. The van der Waals surface area contributed by atoms with Gasteiger partial charge in [0.15, 0.2) is 0 Å². The molecule has 0 unspecified atom stereocenters. The summed E-state index contributed by atoms with van der Waals surface area (Å²) >= 11 is 0. The first-order valence-corrected chi connectivity index (χ1v) is 6.04. The summed E-state index contributed by atoms with van der Waals surface area (Å²) in [5.74, 6) is -3.13. The van der Waals surface area contributed by atoms with Gasteiger partial charge in [0.25, 0.3) is 5.92 Å². The third-order valence-corrected chi connectivity index (χ3v) is 2.20. The number of rotatable bonds is 2. The van der Waals surface area contributed by atoms with Gasteiger partial charge >= 0.3 is 0 Å². The molecule has 1 rings (SSSR count). The average Bonchev–Trinajstić information content (AvgIpc) is 2.37. The molecule has 0 aliphatic rings. The minimum absolute atomic E-state index is 0.0880. The van der Waals surface area contributed by atoms with Crippen LogP contribution in [0.3, 0.4) is 0 Å². The van der Waals surface area contributed by atoms with Gasteiger partial charge in [-0.2, -0.15) is 8.78 Å². The lowest BCUT2D eigenvalue weighted by Crippen LogP contribution is -2.20. The topological polar surface area (TPSA) is 20.2 Å². The fourth-order valence-corrected chi connectivity index (χ4v) is 1.23. The van der Waals surface area contributed by atoms with E-state index < -0.39 is 12.5 Å². The highest BCUT2D eigenvalue weighted by atomic mass is 19.3. The molecule has 0 spiro atoms. The first-order chi connectivity index (χ1) is 7.99. The molecule has 100 valence electrons. The summed E-state index contributed by atoms with van der Waals surface area (Å²) in [5.41, 5.74) is 1.27. The number of alkyl halides is 2. The minimum Gasteiger partial charge on any atom is -0.390 e. The smallest absolute Gasteiger partial charge is 0.296 e. The van der Waals surface area contributed by atoms with Crippen molar-refractivity contribution in [1.29, 1.82) is 0 Å². The maximum Gasteiger partial charge on any atom is 0.296 e. The number of aliphatic hydroxyl groups excluding tert-OH is 1. The van der Waals surface area contributed by atoms with Crippen LogP contribution in [0.1, 0.15) is 44.4 Å². The summed E-state index contributed by atoms with van der Waals surface area (Å²) < 4.78 is 26.2. The van der Waals surface area contributed by atoms with E-state index in [1.807, 2.05) is 27.7 Å². The summed E-state index contributed by atoms with van der Waals surface area (Å²) in [7, 11) is 0. The van der Waals surface area contributed by atoms with E-state index in [9.17, 15) is 8.78 Å². The van der Waals surface area contributed by atoms with Crippen LogP contribution >= 0.6 is 0 Å². The van der Waals surface area contributed by atoms with E-state index in [2.05, 4.69) is 0 Å². The third-order valence-electron chi connectivity index (χ3n) is 2.20. The van der Waals surface area contributed by atoms with Crippen molar-refractivity contribution in [3.05, 3.63) is 34.9 Å². The Morgan fingerprint density at radius 1 is 1.06 bits per heavy atom. The fourth-order valence-electron chi connectivity index (χ4n) is 1.23. The number of hydrogen-bond donors (Lipinski definition) is 1. The van der Waals surface area contributed by atoms with E-state index in [1.165, 1.54) is 6.07 Å². The van der Waals surface area contributed by atoms with Gasteiger partial charge in [0.2, 0.25) is 0 Å². The van der Waals surface area contributed by atoms with Gasteiger partial charge < -0.3 is 5.11 Å². The Balaban J connectivity index is 0. The van der Waals surface area contributed by atoms with E-state index in [4.69, 9.17) is 5.11 Å². The Bertz CT molecular complexity index is 309. The van der Waals surface area contributed by atoms with Crippen LogP contribution in [-0.4, -0.2) is 11.7 Å². The molecule has 1 aromatic rings. The molecule has 0 aromatic heterocycles. The lowest BCUT2D eigenvalue weighted by atomic mass is 9.99. The molecule has 1 nitrogen and oxygen atoms in total. The normalized spacial score (nSPS) is 9.71. The second-order valence-electron chi connectivity index (χ2n) is 3.11. The fraction of sp³-hybridized carbons (Fsp3) is 0.571. The molecule has 0 bridgehead atoms. The summed E-state index contributed by atoms with van der Waals surface area (Å²) in [6, 6.07) is 4.69. The molecule has 0 radical (unpaired) electrons. The molecule has 3 heteroatoms. The van der Waals surface area contributed by atoms with Gasteiger partial charge in [-0.1, -0.05) is 45.9 Å². The largest absolute Gasteiger partial charge is 0.390 e. The van der Waals surface area contributed by atoms with Crippen LogP contribution in [-0.2, 0) is 5.92 Å². The van der Waals surface area contributed by atoms with E-state index in [-0.39, 0.29) is 5.56 Å². The van der Waals surface area contributed by atoms with E-state index in [0.717, 1.165) is 5.56 Å². The van der Waals surface area contributed by atoms with Gasteiger partial charge in [-0.3, -0.25) is 0 Å². The minimum atomic E-state index is -3.13. The van der Waals surface area contributed by atoms with Crippen LogP contribution in [0.5, 0.6) is 0 Å². The molecule has 1 aromatic carbocycles. The SMILES string of the molecule is CC.CC.Cc1cccc(C(F)(F)CO)c1C. The maximum absolute atomic E-state index is 13.1. The van der Waals surface area contributed by atoms with E-state index in [1.54, 1.807) is 26.0 Å². The van der Waals surface area contributed by atoms with E-state index in [0.29, 0.717) is 5.56 Å². The van der Waals surface area contributed by atoms with Crippen LogP contribution in [0, 0.1) is 13.8 Å². The zero-order valence-corrected chi connectivity index (χ0v) is 11.6. The van der Waals surface area contributed by atoms with Gasteiger partial charge in [-0.15, -0.1) is 0 Å². The zero-order valence-electron chi connectivity index (χ0n) is 11.6. The molecule has 0 aliphatic carbocycles. The van der Waals surface area contributed by atoms with Gasteiger partial charge in [0.1, 0.15) is 6.61 Å². The Labute approximate surface area is 103 Å². The summed E-state index contributed by atoms with van der Waals surface area (Å²) in [5, 5.41) is 8.51. The number of halogens is 2. The van der Waals surface area contributed by atoms with Crippen molar-refractivity contribution in [3.63, 3.8) is 0 Å². The maximum atomic E-state index is 13.1. The molecular formula is C14H24F2O. The Morgan fingerprint density at radius 3 is 1.94 bits per heavy atom. The highest BCUT2D eigenvalue weighted by Gasteiger charge is 2.32. The Hall–Kier alpha value is -0.960. The molecule has 0 fully saturated rings. The number of hydrogen-bond acceptors (Lipinski definition) is 1. The van der Waals surface area contributed by atoms with Gasteiger partial charge in [0.05, 0.1) is 0 Å². The number of aryl methyl sites for hydroxylation is 1. The summed E-state index contributed by atoms with van der Waals surface area (Å²) in [6.45, 7) is 10.3. The first kappa shape index (κ1) is 18.4. The lowest BCUT2D eigenvalue weighted by molar-refractivity contribution is -0.0561. The Kier molecular flexibility index (Phi) is 9.86. The van der Waals surface area contributed by atoms with E-state index >= 15 is 0 Å². The van der Waals surface area contributed by atoms with Crippen LogP contribution in [0.25, 0.3) is 0 Å². The second-order valence-corrected chi connectivity index (χ2v) is 3.11. The van der Waals surface area contributed by atoms with Gasteiger partial charge in [0, 0.05) is 5.56 Å². The van der Waals surface area contributed by atoms with Crippen LogP contribution in [0.2, 0.25) is 0 Å². The number of aliphatic hydroxyl groups is 1.